The first-order valence-corrected chi connectivity index (χ1v) is 7.77. The van der Waals surface area contributed by atoms with Gasteiger partial charge in [0.2, 0.25) is 0 Å². The number of carbonyl (C=O) groups is 1. The molecule has 0 amide bonds. The largest absolute Gasteiger partial charge is 0.491 e. The highest BCUT2D eigenvalue weighted by Crippen LogP contribution is 2.28. The van der Waals surface area contributed by atoms with E-state index in [1.54, 1.807) is 6.92 Å². The molecule has 0 fully saturated rings. The molecule has 0 aliphatic carbocycles. The van der Waals surface area contributed by atoms with Gasteiger partial charge in [0.1, 0.15) is 19.0 Å². The first-order chi connectivity index (χ1) is 11.5. The van der Waals surface area contributed by atoms with Crippen LogP contribution in [-0.2, 0) is 16.1 Å². The summed E-state index contributed by atoms with van der Waals surface area (Å²) in [5.74, 6) is 0.202. The summed E-state index contributed by atoms with van der Waals surface area (Å²) >= 11 is 0. The molecule has 0 spiro atoms. The van der Waals surface area contributed by atoms with E-state index in [-0.39, 0.29) is 19.8 Å². The van der Waals surface area contributed by atoms with E-state index >= 15 is 0 Å². The lowest BCUT2D eigenvalue weighted by atomic mass is 9.99. The van der Waals surface area contributed by atoms with Crippen LogP contribution in [0.2, 0.25) is 0 Å². The third-order valence-electron chi connectivity index (χ3n) is 3.51. The lowest BCUT2D eigenvalue weighted by molar-refractivity contribution is -0.140. The first kappa shape index (κ1) is 17.8. The molecule has 2 aromatic rings. The van der Waals surface area contributed by atoms with Crippen LogP contribution in [0.5, 0.6) is 5.75 Å². The molecule has 24 heavy (non-hydrogen) atoms. The molecule has 0 bridgehead atoms. The van der Waals surface area contributed by atoms with Crippen molar-refractivity contribution in [2.45, 2.75) is 20.5 Å². The Labute approximate surface area is 142 Å². The second kappa shape index (κ2) is 8.31. The van der Waals surface area contributed by atoms with E-state index in [2.05, 4.69) is 6.58 Å². The lowest BCUT2D eigenvalue weighted by Crippen LogP contribution is -2.07. The second-order valence-electron chi connectivity index (χ2n) is 5.61. The maximum Gasteiger partial charge on any atom is 0.333 e. The van der Waals surface area contributed by atoms with Crippen molar-refractivity contribution in [1.82, 2.24) is 0 Å². The van der Waals surface area contributed by atoms with Crippen LogP contribution in [0.1, 0.15) is 18.1 Å². The van der Waals surface area contributed by atoms with E-state index in [9.17, 15) is 4.79 Å². The summed E-state index contributed by atoms with van der Waals surface area (Å²) < 4.78 is 10.7. The van der Waals surface area contributed by atoms with Crippen molar-refractivity contribution in [2.75, 3.05) is 13.2 Å². The van der Waals surface area contributed by atoms with Gasteiger partial charge in [-0.3, -0.25) is 0 Å². The Kier molecular flexibility index (Phi) is 6.15. The number of carbonyl (C=O) groups excluding carboxylic acids is 1. The predicted octanol–water partition coefficient (Wildman–Crippen LogP) is 3.65. The molecule has 0 unspecified atom stereocenters. The first-order valence-electron chi connectivity index (χ1n) is 7.77. The molecular weight excluding hydrogens is 304 g/mol. The minimum Gasteiger partial charge on any atom is -0.491 e. The SMILES string of the molecule is C=C(C)C(=O)OCc1cc(OCCO)ccc1-c1ccc(C)cc1. The standard InChI is InChI=1S/C20H22O4/c1-14(2)20(22)24-13-17-12-18(23-11-10-21)8-9-19(17)16-6-4-15(3)5-7-16/h4-9,12,21H,1,10-11,13H2,2-3H3. The van der Waals surface area contributed by atoms with Gasteiger partial charge in [-0.1, -0.05) is 42.5 Å². The number of hydrogen-bond donors (Lipinski definition) is 1. The number of aliphatic hydroxyl groups excluding tert-OH is 1. The Bertz CT molecular complexity index is 717. The highest BCUT2D eigenvalue weighted by atomic mass is 16.5. The normalized spacial score (nSPS) is 10.3. The third kappa shape index (κ3) is 4.70. The van der Waals surface area contributed by atoms with Gasteiger partial charge < -0.3 is 14.6 Å². The van der Waals surface area contributed by atoms with Crippen molar-refractivity contribution < 1.29 is 19.4 Å². The summed E-state index contributed by atoms with van der Waals surface area (Å²) in [7, 11) is 0. The lowest BCUT2D eigenvalue weighted by Gasteiger charge is -2.13. The quantitative estimate of drug-likeness (QED) is 0.623. The number of hydrogen-bond acceptors (Lipinski definition) is 4. The zero-order valence-electron chi connectivity index (χ0n) is 14.0. The highest BCUT2D eigenvalue weighted by Gasteiger charge is 2.11. The molecule has 0 aliphatic heterocycles. The molecule has 2 rings (SSSR count). The topological polar surface area (TPSA) is 55.8 Å². The average Bonchev–Trinajstić information content (AvgIpc) is 2.58. The van der Waals surface area contributed by atoms with Gasteiger partial charge in [0.05, 0.1) is 6.61 Å². The number of aryl methyl sites for hydroxylation is 1. The molecule has 4 heteroatoms. The minimum atomic E-state index is -0.425. The molecule has 0 saturated heterocycles. The fourth-order valence-corrected chi connectivity index (χ4v) is 2.22. The summed E-state index contributed by atoms with van der Waals surface area (Å²) in [5.41, 5.74) is 4.39. The summed E-state index contributed by atoms with van der Waals surface area (Å²) in [5, 5.41) is 8.89. The fourth-order valence-electron chi connectivity index (χ4n) is 2.22. The van der Waals surface area contributed by atoms with Gasteiger partial charge in [0, 0.05) is 11.1 Å². The van der Waals surface area contributed by atoms with Gasteiger partial charge in [0.15, 0.2) is 0 Å². The number of benzene rings is 2. The van der Waals surface area contributed by atoms with Crippen molar-refractivity contribution in [3.63, 3.8) is 0 Å². The van der Waals surface area contributed by atoms with Crippen LogP contribution in [0.4, 0.5) is 0 Å². The summed E-state index contributed by atoms with van der Waals surface area (Å²) in [6, 6.07) is 13.7. The summed E-state index contributed by atoms with van der Waals surface area (Å²) in [6.07, 6.45) is 0. The second-order valence-corrected chi connectivity index (χ2v) is 5.61. The zero-order chi connectivity index (χ0) is 17.5. The van der Waals surface area contributed by atoms with Gasteiger partial charge in [-0.15, -0.1) is 0 Å². The van der Waals surface area contributed by atoms with Gasteiger partial charge >= 0.3 is 5.97 Å². The van der Waals surface area contributed by atoms with Crippen LogP contribution in [0.15, 0.2) is 54.6 Å². The van der Waals surface area contributed by atoms with Gasteiger partial charge in [-0.25, -0.2) is 4.79 Å². The van der Waals surface area contributed by atoms with E-state index in [1.807, 2.05) is 49.4 Å². The molecule has 1 N–H and O–H groups in total. The fraction of sp³-hybridized carbons (Fsp3) is 0.250. The Morgan fingerprint density at radius 1 is 1.17 bits per heavy atom. The average molecular weight is 326 g/mol. The number of ether oxygens (including phenoxy) is 2. The Balaban J connectivity index is 2.31. The van der Waals surface area contributed by atoms with E-state index in [0.717, 1.165) is 16.7 Å². The zero-order valence-corrected chi connectivity index (χ0v) is 14.0. The van der Waals surface area contributed by atoms with Crippen LogP contribution < -0.4 is 4.74 Å². The predicted molar refractivity (Wildman–Crippen MR) is 93.8 cm³/mol. The highest BCUT2D eigenvalue weighted by molar-refractivity contribution is 5.87. The Morgan fingerprint density at radius 3 is 2.50 bits per heavy atom. The molecule has 126 valence electrons. The van der Waals surface area contributed by atoms with Crippen molar-refractivity contribution in [3.8, 4) is 16.9 Å². The summed E-state index contributed by atoms with van der Waals surface area (Å²) in [6.45, 7) is 7.53. The smallest absolute Gasteiger partial charge is 0.333 e. The molecule has 2 aromatic carbocycles. The molecule has 4 nitrogen and oxygen atoms in total. The van der Waals surface area contributed by atoms with Crippen LogP contribution in [0.25, 0.3) is 11.1 Å². The molecule has 0 atom stereocenters. The van der Waals surface area contributed by atoms with Crippen LogP contribution >= 0.6 is 0 Å². The number of aliphatic hydroxyl groups is 1. The van der Waals surface area contributed by atoms with E-state index in [1.165, 1.54) is 5.56 Å². The van der Waals surface area contributed by atoms with Crippen LogP contribution in [0.3, 0.4) is 0 Å². The van der Waals surface area contributed by atoms with Gasteiger partial charge in [0.25, 0.3) is 0 Å². The van der Waals surface area contributed by atoms with Crippen molar-refractivity contribution in [2.24, 2.45) is 0 Å². The van der Waals surface area contributed by atoms with Crippen molar-refractivity contribution >= 4 is 5.97 Å². The molecule has 0 aromatic heterocycles. The Hall–Kier alpha value is -2.59. The van der Waals surface area contributed by atoms with Gasteiger partial charge in [-0.05, 0) is 37.1 Å². The number of esters is 1. The maximum atomic E-state index is 11.7. The molecule has 0 aliphatic rings. The van der Waals surface area contributed by atoms with E-state index in [4.69, 9.17) is 14.6 Å². The van der Waals surface area contributed by atoms with E-state index < -0.39 is 5.97 Å². The van der Waals surface area contributed by atoms with Crippen molar-refractivity contribution in [3.05, 3.63) is 65.7 Å². The van der Waals surface area contributed by atoms with Crippen LogP contribution in [-0.4, -0.2) is 24.3 Å². The van der Waals surface area contributed by atoms with Gasteiger partial charge in [-0.2, -0.15) is 0 Å². The number of rotatable bonds is 7. The van der Waals surface area contributed by atoms with Crippen molar-refractivity contribution in [1.29, 1.82) is 0 Å². The molecule has 0 saturated carbocycles. The monoisotopic (exact) mass is 326 g/mol. The van der Waals surface area contributed by atoms with Crippen LogP contribution in [0, 0.1) is 6.92 Å². The third-order valence-corrected chi connectivity index (χ3v) is 3.51. The summed E-state index contributed by atoms with van der Waals surface area (Å²) in [4.78, 5) is 11.7. The Morgan fingerprint density at radius 2 is 1.88 bits per heavy atom. The molecule has 0 heterocycles. The molecule has 0 radical (unpaired) electrons. The molecular formula is C20H22O4. The maximum absolute atomic E-state index is 11.7. The minimum absolute atomic E-state index is 0.0559. The van der Waals surface area contributed by atoms with E-state index in [0.29, 0.717) is 11.3 Å².